The SMILES string of the molecule is O=C(NCCCN1CCCCCC1)C1CSCN1. The van der Waals surface area contributed by atoms with Crippen LogP contribution in [-0.2, 0) is 4.79 Å². The van der Waals surface area contributed by atoms with Gasteiger partial charge in [-0.3, -0.25) is 10.1 Å². The minimum atomic E-state index is 0.0354. The molecule has 2 heterocycles. The third kappa shape index (κ3) is 4.78. The van der Waals surface area contributed by atoms with Crippen LogP contribution in [0.3, 0.4) is 0 Å². The molecule has 2 saturated heterocycles. The number of carbonyl (C=O) groups is 1. The van der Waals surface area contributed by atoms with E-state index in [0.29, 0.717) is 0 Å². The summed E-state index contributed by atoms with van der Waals surface area (Å²) in [6, 6.07) is 0.0354. The molecule has 0 spiro atoms. The van der Waals surface area contributed by atoms with Crippen molar-refractivity contribution >= 4 is 17.7 Å². The Balaban J connectivity index is 1.53. The van der Waals surface area contributed by atoms with E-state index in [1.165, 1.54) is 38.8 Å². The van der Waals surface area contributed by atoms with Crippen molar-refractivity contribution in [3.63, 3.8) is 0 Å². The van der Waals surface area contributed by atoms with Crippen LogP contribution in [0.5, 0.6) is 0 Å². The second-order valence-electron chi connectivity index (χ2n) is 5.17. The number of carbonyl (C=O) groups excluding carboxylic acids is 1. The van der Waals surface area contributed by atoms with Gasteiger partial charge in [-0.05, 0) is 38.9 Å². The Morgan fingerprint density at radius 2 is 2.06 bits per heavy atom. The molecule has 18 heavy (non-hydrogen) atoms. The highest BCUT2D eigenvalue weighted by Gasteiger charge is 2.21. The van der Waals surface area contributed by atoms with Crippen LogP contribution in [0.15, 0.2) is 0 Å². The smallest absolute Gasteiger partial charge is 0.238 e. The van der Waals surface area contributed by atoms with Crippen molar-refractivity contribution in [1.82, 2.24) is 15.5 Å². The standard InChI is InChI=1S/C13H25N3OS/c17-13(12-10-18-11-15-12)14-6-5-9-16-7-3-1-2-4-8-16/h12,15H,1-11H2,(H,14,17). The first-order valence-corrected chi connectivity index (χ1v) is 8.33. The third-order valence-corrected chi connectivity index (χ3v) is 4.62. The van der Waals surface area contributed by atoms with Crippen molar-refractivity contribution < 1.29 is 4.79 Å². The predicted octanol–water partition coefficient (Wildman–Crippen LogP) is 1.03. The second-order valence-corrected chi connectivity index (χ2v) is 6.20. The monoisotopic (exact) mass is 271 g/mol. The molecular formula is C13H25N3OS. The summed E-state index contributed by atoms with van der Waals surface area (Å²) in [5, 5.41) is 6.23. The molecule has 1 atom stereocenters. The zero-order chi connectivity index (χ0) is 12.6. The molecule has 5 heteroatoms. The molecule has 2 aliphatic rings. The topological polar surface area (TPSA) is 44.4 Å². The van der Waals surface area contributed by atoms with Crippen molar-refractivity contribution in [3.8, 4) is 0 Å². The summed E-state index contributed by atoms with van der Waals surface area (Å²) < 4.78 is 0. The summed E-state index contributed by atoms with van der Waals surface area (Å²) in [4.78, 5) is 14.3. The van der Waals surface area contributed by atoms with E-state index in [0.717, 1.165) is 31.1 Å². The highest BCUT2D eigenvalue weighted by Crippen LogP contribution is 2.10. The zero-order valence-electron chi connectivity index (χ0n) is 11.1. The van der Waals surface area contributed by atoms with Crippen LogP contribution in [0.4, 0.5) is 0 Å². The molecule has 0 aromatic heterocycles. The number of thioether (sulfide) groups is 1. The van der Waals surface area contributed by atoms with Crippen LogP contribution in [0.1, 0.15) is 32.1 Å². The minimum Gasteiger partial charge on any atom is -0.355 e. The average molecular weight is 271 g/mol. The lowest BCUT2D eigenvalue weighted by Gasteiger charge is -2.19. The van der Waals surface area contributed by atoms with Gasteiger partial charge >= 0.3 is 0 Å². The summed E-state index contributed by atoms with van der Waals surface area (Å²) in [5.41, 5.74) is 0. The average Bonchev–Trinajstić information content (AvgIpc) is 2.80. The van der Waals surface area contributed by atoms with Crippen molar-refractivity contribution in [2.75, 3.05) is 37.8 Å². The summed E-state index contributed by atoms with van der Waals surface area (Å²) in [5.74, 6) is 2.00. The van der Waals surface area contributed by atoms with E-state index in [4.69, 9.17) is 0 Å². The normalized spacial score (nSPS) is 25.9. The molecule has 0 aromatic carbocycles. The largest absolute Gasteiger partial charge is 0.355 e. The van der Waals surface area contributed by atoms with Crippen molar-refractivity contribution in [2.24, 2.45) is 0 Å². The summed E-state index contributed by atoms with van der Waals surface area (Å²) in [7, 11) is 0. The van der Waals surface area contributed by atoms with Gasteiger partial charge in [0, 0.05) is 18.2 Å². The third-order valence-electron chi connectivity index (χ3n) is 3.68. The fraction of sp³-hybridized carbons (Fsp3) is 0.923. The Bertz CT molecular complexity index is 249. The maximum Gasteiger partial charge on any atom is 0.238 e. The fourth-order valence-electron chi connectivity index (χ4n) is 2.56. The molecule has 104 valence electrons. The van der Waals surface area contributed by atoms with Gasteiger partial charge in [-0.1, -0.05) is 12.8 Å². The van der Waals surface area contributed by atoms with Crippen molar-refractivity contribution in [3.05, 3.63) is 0 Å². The molecule has 2 rings (SSSR count). The van der Waals surface area contributed by atoms with E-state index in [1.807, 2.05) is 0 Å². The van der Waals surface area contributed by atoms with E-state index in [9.17, 15) is 4.79 Å². The molecule has 0 saturated carbocycles. The Morgan fingerprint density at radius 1 is 1.28 bits per heavy atom. The maximum absolute atomic E-state index is 11.8. The van der Waals surface area contributed by atoms with Crippen LogP contribution < -0.4 is 10.6 Å². The fourth-order valence-corrected chi connectivity index (χ4v) is 3.50. The molecule has 4 nitrogen and oxygen atoms in total. The predicted molar refractivity (Wildman–Crippen MR) is 76.8 cm³/mol. The molecule has 1 unspecified atom stereocenters. The quantitative estimate of drug-likeness (QED) is 0.733. The molecule has 0 radical (unpaired) electrons. The van der Waals surface area contributed by atoms with E-state index >= 15 is 0 Å². The molecule has 0 bridgehead atoms. The number of likely N-dealkylation sites (tertiary alicyclic amines) is 1. The van der Waals surface area contributed by atoms with Crippen molar-refractivity contribution in [1.29, 1.82) is 0 Å². The molecule has 2 N–H and O–H groups in total. The van der Waals surface area contributed by atoms with Crippen LogP contribution in [-0.4, -0.2) is 54.7 Å². The Morgan fingerprint density at radius 3 is 2.72 bits per heavy atom. The summed E-state index contributed by atoms with van der Waals surface area (Å²) in [6.07, 6.45) is 6.53. The number of hydrogen-bond donors (Lipinski definition) is 2. The van der Waals surface area contributed by atoms with Crippen LogP contribution >= 0.6 is 11.8 Å². The Labute approximate surface area is 114 Å². The molecular weight excluding hydrogens is 246 g/mol. The number of rotatable bonds is 5. The van der Waals surface area contributed by atoms with Crippen molar-refractivity contribution in [2.45, 2.75) is 38.1 Å². The molecule has 2 fully saturated rings. The highest BCUT2D eigenvalue weighted by atomic mass is 32.2. The molecule has 0 aliphatic carbocycles. The number of nitrogens with zero attached hydrogens (tertiary/aromatic N) is 1. The van der Waals surface area contributed by atoms with E-state index in [2.05, 4.69) is 15.5 Å². The number of amides is 1. The van der Waals surface area contributed by atoms with Gasteiger partial charge in [0.15, 0.2) is 0 Å². The molecule has 1 amide bonds. The maximum atomic E-state index is 11.8. The van der Waals surface area contributed by atoms with Gasteiger partial charge in [-0.2, -0.15) is 0 Å². The van der Waals surface area contributed by atoms with Gasteiger partial charge in [0.05, 0.1) is 6.04 Å². The highest BCUT2D eigenvalue weighted by molar-refractivity contribution is 7.99. The lowest BCUT2D eigenvalue weighted by molar-refractivity contribution is -0.122. The van der Waals surface area contributed by atoms with Crippen LogP contribution in [0.2, 0.25) is 0 Å². The van der Waals surface area contributed by atoms with E-state index in [1.54, 1.807) is 11.8 Å². The van der Waals surface area contributed by atoms with Crippen LogP contribution in [0, 0.1) is 0 Å². The summed E-state index contributed by atoms with van der Waals surface area (Å²) in [6.45, 7) is 4.44. The number of hydrogen-bond acceptors (Lipinski definition) is 4. The van der Waals surface area contributed by atoms with Gasteiger partial charge in [-0.25, -0.2) is 0 Å². The zero-order valence-corrected chi connectivity index (χ0v) is 11.9. The van der Waals surface area contributed by atoms with Gasteiger partial charge < -0.3 is 10.2 Å². The minimum absolute atomic E-state index is 0.0354. The van der Waals surface area contributed by atoms with Gasteiger partial charge in [-0.15, -0.1) is 11.8 Å². The van der Waals surface area contributed by atoms with E-state index < -0.39 is 0 Å². The van der Waals surface area contributed by atoms with E-state index in [-0.39, 0.29) is 11.9 Å². The summed E-state index contributed by atoms with van der Waals surface area (Å²) >= 11 is 1.79. The van der Waals surface area contributed by atoms with Crippen LogP contribution in [0.25, 0.3) is 0 Å². The Hall–Kier alpha value is -0.260. The molecule has 0 aromatic rings. The second kappa shape index (κ2) is 8.02. The first-order chi connectivity index (χ1) is 8.86. The Kier molecular flexibility index (Phi) is 6.31. The van der Waals surface area contributed by atoms with Gasteiger partial charge in [0.2, 0.25) is 5.91 Å². The number of nitrogens with one attached hydrogen (secondary N) is 2. The lowest BCUT2D eigenvalue weighted by Crippen LogP contribution is -2.42. The molecule has 2 aliphatic heterocycles. The lowest BCUT2D eigenvalue weighted by atomic mass is 10.2. The van der Waals surface area contributed by atoms with Gasteiger partial charge in [0.25, 0.3) is 0 Å². The van der Waals surface area contributed by atoms with Gasteiger partial charge in [0.1, 0.15) is 0 Å². The first-order valence-electron chi connectivity index (χ1n) is 7.17. The first kappa shape index (κ1) is 14.2.